The second-order valence-corrected chi connectivity index (χ2v) is 8.84. The summed E-state index contributed by atoms with van der Waals surface area (Å²) in [6.45, 7) is 6.06. The van der Waals surface area contributed by atoms with E-state index in [0.717, 1.165) is 41.8 Å². The second kappa shape index (κ2) is 8.00. The zero-order valence-electron chi connectivity index (χ0n) is 18.1. The summed E-state index contributed by atoms with van der Waals surface area (Å²) in [4.78, 5) is 21.7. The van der Waals surface area contributed by atoms with E-state index in [2.05, 4.69) is 41.3 Å². The van der Waals surface area contributed by atoms with Gasteiger partial charge in [0.05, 0.1) is 18.8 Å². The molecule has 2 heterocycles. The molecule has 31 heavy (non-hydrogen) atoms. The first-order chi connectivity index (χ1) is 15.1. The van der Waals surface area contributed by atoms with Gasteiger partial charge in [0.25, 0.3) is 0 Å². The Balaban J connectivity index is 1.41. The predicted octanol–water partition coefficient (Wildman–Crippen LogP) is 4.44. The normalized spacial score (nSPS) is 19.6. The number of nitrogens with two attached hydrogens (primary N) is 1. The summed E-state index contributed by atoms with van der Waals surface area (Å²) >= 11 is 0. The Kier molecular flexibility index (Phi) is 5.18. The van der Waals surface area contributed by atoms with Crippen LogP contribution in [0.1, 0.15) is 43.7 Å². The van der Waals surface area contributed by atoms with E-state index >= 15 is 0 Å². The summed E-state index contributed by atoms with van der Waals surface area (Å²) < 4.78 is 5.33. The van der Waals surface area contributed by atoms with Gasteiger partial charge in [-0.3, -0.25) is 9.80 Å². The third kappa shape index (κ3) is 3.81. The molecular weight excluding hydrogens is 388 g/mol. The summed E-state index contributed by atoms with van der Waals surface area (Å²) in [5.74, 6) is 0.512. The maximum atomic E-state index is 12.7. The minimum atomic E-state index is -0.483. The van der Waals surface area contributed by atoms with Gasteiger partial charge in [-0.2, -0.15) is 0 Å². The predicted molar refractivity (Wildman–Crippen MR) is 122 cm³/mol. The Hall–Kier alpha value is -2.86. The number of hydrogen-bond donors (Lipinski definition) is 1. The number of hydrogen-bond acceptors (Lipinski definition) is 5. The summed E-state index contributed by atoms with van der Waals surface area (Å²) in [5.41, 5.74) is 11.3. The molecule has 2 aromatic carbocycles. The largest absolute Gasteiger partial charge is 0.450 e. The topological polar surface area (TPSA) is 71.2 Å². The lowest BCUT2D eigenvalue weighted by Gasteiger charge is -2.29. The van der Waals surface area contributed by atoms with Crippen LogP contribution in [0.5, 0.6) is 0 Å². The SMILES string of the molecule is CCOC(=O)N1Cc2cc(-c3ccc(CN4CCCC4)cc3)ccc2N=C(N)C12CC2. The molecule has 1 spiro atoms. The highest BCUT2D eigenvalue weighted by molar-refractivity contribution is 5.98. The van der Waals surface area contributed by atoms with Gasteiger partial charge >= 0.3 is 6.09 Å². The Bertz CT molecular complexity index is 1000. The van der Waals surface area contributed by atoms with Crippen LogP contribution in [0.4, 0.5) is 10.5 Å². The van der Waals surface area contributed by atoms with Crippen LogP contribution in [0.2, 0.25) is 0 Å². The van der Waals surface area contributed by atoms with Gasteiger partial charge in [-0.05, 0) is 80.1 Å². The van der Waals surface area contributed by atoms with E-state index in [4.69, 9.17) is 15.5 Å². The van der Waals surface area contributed by atoms with E-state index < -0.39 is 5.54 Å². The van der Waals surface area contributed by atoms with Crippen molar-refractivity contribution >= 4 is 17.6 Å². The molecule has 162 valence electrons. The number of nitrogens with zero attached hydrogens (tertiary/aromatic N) is 3. The molecule has 1 amide bonds. The molecule has 0 unspecified atom stereocenters. The van der Waals surface area contributed by atoms with Crippen LogP contribution in [0.3, 0.4) is 0 Å². The number of benzene rings is 2. The number of carbonyl (C=O) groups is 1. The van der Waals surface area contributed by atoms with Crippen LogP contribution in [0.25, 0.3) is 11.1 Å². The minimum Gasteiger partial charge on any atom is -0.450 e. The Morgan fingerprint density at radius 3 is 2.48 bits per heavy atom. The fraction of sp³-hybridized carbons (Fsp3) is 0.440. The maximum Gasteiger partial charge on any atom is 0.410 e. The van der Waals surface area contributed by atoms with E-state index in [1.807, 2.05) is 13.0 Å². The van der Waals surface area contributed by atoms with Crippen LogP contribution >= 0.6 is 0 Å². The van der Waals surface area contributed by atoms with E-state index in [-0.39, 0.29) is 6.09 Å². The standard InChI is InChI=1S/C25H30N4O2/c1-2-31-24(30)29-17-21-15-20(9-10-22(21)27-23(26)25(29)11-12-25)19-7-5-18(6-8-19)16-28-13-3-4-14-28/h5-10,15H,2-4,11-14,16-17H2,1H3,(H2,26,27). The molecule has 5 rings (SSSR count). The molecular formula is C25H30N4O2. The highest BCUT2D eigenvalue weighted by Gasteiger charge is 2.55. The van der Waals surface area contributed by atoms with Gasteiger partial charge in [0, 0.05) is 6.54 Å². The summed E-state index contributed by atoms with van der Waals surface area (Å²) in [5, 5.41) is 0. The molecule has 0 aromatic heterocycles. The molecule has 1 saturated heterocycles. The molecule has 6 heteroatoms. The van der Waals surface area contributed by atoms with Gasteiger partial charge in [0.1, 0.15) is 11.4 Å². The van der Waals surface area contributed by atoms with Gasteiger partial charge in [-0.25, -0.2) is 9.79 Å². The maximum absolute atomic E-state index is 12.7. The van der Waals surface area contributed by atoms with Gasteiger partial charge in [-0.15, -0.1) is 0 Å². The molecule has 1 aliphatic carbocycles. The zero-order valence-corrected chi connectivity index (χ0v) is 18.1. The van der Waals surface area contributed by atoms with Crippen molar-refractivity contribution in [1.29, 1.82) is 0 Å². The zero-order chi connectivity index (χ0) is 21.4. The second-order valence-electron chi connectivity index (χ2n) is 8.84. The first-order valence-corrected chi connectivity index (χ1v) is 11.3. The number of aliphatic imine (C=N–C) groups is 1. The van der Waals surface area contributed by atoms with Crippen molar-refractivity contribution in [3.63, 3.8) is 0 Å². The van der Waals surface area contributed by atoms with E-state index in [1.54, 1.807) is 4.90 Å². The monoisotopic (exact) mass is 418 g/mol. The summed E-state index contributed by atoms with van der Waals surface area (Å²) in [6.07, 6.45) is 3.97. The lowest BCUT2D eigenvalue weighted by Crippen LogP contribution is -2.49. The van der Waals surface area contributed by atoms with E-state index in [0.29, 0.717) is 19.0 Å². The number of amidine groups is 1. The van der Waals surface area contributed by atoms with Crippen molar-refractivity contribution in [1.82, 2.24) is 9.80 Å². The van der Waals surface area contributed by atoms with Crippen molar-refractivity contribution in [3.8, 4) is 11.1 Å². The molecule has 2 fully saturated rings. The first kappa shape index (κ1) is 20.1. The van der Waals surface area contributed by atoms with E-state index in [9.17, 15) is 4.79 Å². The van der Waals surface area contributed by atoms with Gasteiger partial charge in [-0.1, -0.05) is 30.3 Å². The minimum absolute atomic E-state index is 0.317. The van der Waals surface area contributed by atoms with Crippen molar-refractivity contribution in [2.75, 3.05) is 19.7 Å². The fourth-order valence-corrected chi connectivity index (χ4v) is 4.78. The summed E-state index contributed by atoms with van der Waals surface area (Å²) in [6, 6.07) is 15.1. The average Bonchev–Trinajstić information content (AvgIpc) is 3.45. The van der Waals surface area contributed by atoms with Crippen LogP contribution in [-0.4, -0.2) is 47.0 Å². The number of amides is 1. The van der Waals surface area contributed by atoms with Crippen LogP contribution in [-0.2, 0) is 17.8 Å². The highest BCUT2D eigenvalue weighted by Crippen LogP contribution is 2.46. The van der Waals surface area contributed by atoms with Gasteiger partial charge in [0.2, 0.25) is 0 Å². The lowest BCUT2D eigenvalue weighted by molar-refractivity contribution is 0.0937. The van der Waals surface area contributed by atoms with Crippen molar-refractivity contribution in [2.45, 2.75) is 51.2 Å². The van der Waals surface area contributed by atoms with Crippen LogP contribution in [0, 0.1) is 0 Å². The highest BCUT2D eigenvalue weighted by atomic mass is 16.6. The fourth-order valence-electron chi connectivity index (χ4n) is 4.78. The average molecular weight is 419 g/mol. The molecule has 3 aliphatic rings. The lowest BCUT2D eigenvalue weighted by atomic mass is 10.0. The van der Waals surface area contributed by atoms with Gasteiger partial charge in [0.15, 0.2) is 0 Å². The molecule has 0 bridgehead atoms. The number of carbonyl (C=O) groups excluding carboxylic acids is 1. The number of rotatable bonds is 4. The number of likely N-dealkylation sites (tertiary alicyclic amines) is 1. The molecule has 0 atom stereocenters. The van der Waals surface area contributed by atoms with Crippen molar-refractivity contribution in [3.05, 3.63) is 53.6 Å². The Labute approximate surface area is 183 Å². The number of ether oxygens (including phenoxy) is 1. The molecule has 1 saturated carbocycles. The molecule has 2 aromatic rings. The molecule has 2 aliphatic heterocycles. The van der Waals surface area contributed by atoms with Crippen molar-refractivity contribution in [2.24, 2.45) is 10.7 Å². The van der Waals surface area contributed by atoms with E-state index in [1.165, 1.54) is 31.5 Å². The third-order valence-corrected chi connectivity index (χ3v) is 6.75. The Morgan fingerprint density at radius 1 is 1.10 bits per heavy atom. The molecule has 0 radical (unpaired) electrons. The molecule has 2 N–H and O–H groups in total. The Morgan fingerprint density at radius 2 is 1.81 bits per heavy atom. The first-order valence-electron chi connectivity index (χ1n) is 11.3. The van der Waals surface area contributed by atoms with Crippen LogP contribution in [0.15, 0.2) is 47.5 Å². The van der Waals surface area contributed by atoms with Crippen molar-refractivity contribution < 1.29 is 9.53 Å². The summed E-state index contributed by atoms with van der Waals surface area (Å²) in [7, 11) is 0. The quantitative estimate of drug-likeness (QED) is 0.797. The smallest absolute Gasteiger partial charge is 0.410 e. The van der Waals surface area contributed by atoms with Crippen LogP contribution < -0.4 is 5.73 Å². The third-order valence-electron chi connectivity index (χ3n) is 6.75. The molecule has 6 nitrogen and oxygen atoms in total. The number of fused-ring (bicyclic) bond motifs is 1. The van der Waals surface area contributed by atoms with Gasteiger partial charge < -0.3 is 10.5 Å².